The van der Waals surface area contributed by atoms with Crippen molar-refractivity contribution < 1.29 is 0 Å². The minimum atomic E-state index is 0.741. The molecule has 0 aliphatic carbocycles. The monoisotopic (exact) mass is 148 g/mol. The molecule has 52 valence electrons. The molecule has 2 heteroatoms. The predicted molar refractivity (Wildman–Crippen MR) is 54.7 cm³/mol. The van der Waals surface area contributed by atoms with Crippen molar-refractivity contribution in [3.8, 4) is 0 Å². The van der Waals surface area contributed by atoms with Crippen molar-refractivity contribution in [3.05, 3.63) is 36.4 Å². The van der Waals surface area contributed by atoms with Gasteiger partial charge >= 0.3 is 0 Å². The highest BCUT2D eigenvalue weighted by Crippen LogP contribution is 2.06. The molecule has 0 N–H and O–H groups in total. The molecule has 0 aromatic heterocycles. The van der Waals surface area contributed by atoms with E-state index in [0.717, 1.165) is 21.7 Å². The van der Waals surface area contributed by atoms with Gasteiger partial charge < -0.3 is 0 Å². The summed E-state index contributed by atoms with van der Waals surface area (Å²) in [5.41, 5.74) is 1.48. The average molecular weight is 148 g/mol. The fraction of sp³-hybridized carbons (Fsp3) is 0. The largest absolute Gasteiger partial charge is 0.114 e. The molecule has 0 aliphatic rings. The Kier molecular flexibility index (Phi) is 1.69. The zero-order valence-electron chi connectivity index (χ0n) is 6.62. The van der Waals surface area contributed by atoms with Gasteiger partial charge in [-0.1, -0.05) is 47.3 Å². The smallest absolute Gasteiger partial charge is 0.0896 e. The summed E-state index contributed by atoms with van der Waals surface area (Å²) in [4.78, 5) is 0. The van der Waals surface area contributed by atoms with Crippen LogP contribution in [-0.4, -0.2) is 15.7 Å². The third kappa shape index (κ3) is 1.04. The van der Waals surface area contributed by atoms with Crippen LogP contribution in [0.25, 0.3) is 10.8 Å². The van der Waals surface area contributed by atoms with E-state index in [2.05, 4.69) is 0 Å². The van der Waals surface area contributed by atoms with E-state index < -0.39 is 0 Å². The van der Waals surface area contributed by atoms with Crippen LogP contribution in [0.15, 0.2) is 36.4 Å². The summed E-state index contributed by atoms with van der Waals surface area (Å²) < 4.78 is 0. The van der Waals surface area contributed by atoms with Crippen LogP contribution < -0.4 is 10.9 Å². The Morgan fingerprint density at radius 1 is 0.750 bits per heavy atom. The van der Waals surface area contributed by atoms with Crippen molar-refractivity contribution in [2.24, 2.45) is 0 Å². The minimum absolute atomic E-state index is 0.741. The van der Waals surface area contributed by atoms with Crippen molar-refractivity contribution in [2.75, 3.05) is 0 Å². The Balaban J connectivity index is 2.96. The summed E-state index contributed by atoms with van der Waals surface area (Å²) in [7, 11) is 11.6. The van der Waals surface area contributed by atoms with Gasteiger partial charge in [-0.2, -0.15) is 0 Å². The molecule has 0 amide bonds. The number of rotatable bonds is 0. The van der Waals surface area contributed by atoms with Gasteiger partial charge in [0.2, 0.25) is 0 Å². The molecule has 4 radical (unpaired) electrons. The van der Waals surface area contributed by atoms with E-state index in [0.29, 0.717) is 0 Å². The fourth-order valence-corrected chi connectivity index (χ4v) is 1.40. The van der Waals surface area contributed by atoms with Gasteiger partial charge in [-0.15, -0.1) is 0 Å². The zero-order chi connectivity index (χ0) is 8.55. The van der Waals surface area contributed by atoms with Crippen LogP contribution in [0.4, 0.5) is 0 Å². The lowest BCUT2D eigenvalue weighted by Crippen LogP contribution is -2.14. The topological polar surface area (TPSA) is 0 Å². The van der Waals surface area contributed by atoms with E-state index in [-0.39, 0.29) is 0 Å². The zero-order valence-corrected chi connectivity index (χ0v) is 6.62. The van der Waals surface area contributed by atoms with E-state index in [1.54, 1.807) is 0 Å². The molecule has 0 atom stereocenters. The Bertz CT molecular complexity index is 384. The Labute approximate surface area is 74.4 Å². The van der Waals surface area contributed by atoms with Gasteiger partial charge in [0.05, 0.1) is 0 Å². The number of hydrogen-bond donors (Lipinski definition) is 0. The van der Waals surface area contributed by atoms with Crippen molar-refractivity contribution in [3.63, 3.8) is 0 Å². The Morgan fingerprint density at radius 3 is 1.67 bits per heavy atom. The van der Waals surface area contributed by atoms with Crippen LogP contribution >= 0.6 is 0 Å². The van der Waals surface area contributed by atoms with Crippen LogP contribution in [0.5, 0.6) is 0 Å². The lowest BCUT2D eigenvalue weighted by molar-refractivity contribution is 1.82. The number of fused-ring (bicyclic) bond motifs is 1. The lowest BCUT2D eigenvalue weighted by Gasteiger charge is -2.04. The normalized spacial score (nSPS) is 10.3. The molecule has 0 spiro atoms. The molecule has 0 heterocycles. The highest BCUT2D eigenvalue weighted by Gasteiger charge is 1.96. The second-order valence-electron chi connectivity index (χ2n) is 2.79. The molecular formula is C10H6B2. The molecule has 2 rings (SSSR count). The molecule has 12 heavy (non-hydrogen) atoms. The third-order valence-corrected chi connectivity index (χ3v) is 1.97. The van der Waals surface area contributed by atoms with Crippen LogP contribution in [0, 0.1) is 0 Å². The summed E-state index contributed by atoms with van der Waals surface area (Å²) in [6.07, 6.45) is 0. The molecule has 0 unspecified atom stereocenters. The summed E-state index contributed by atoms with van der Waals surface area (Å²) in [5.74, 6) is 0. The summed E-state index contributed by atoms with van der Waals surface area (Å²) in [6.45, 7) is 0. The first-order valence-electron chi connectivity index (χ1n) is 3.82. The number of hydrogen-bond acceptors (Lipinski definition) is 0. The van der Waals surface area contributed by atoms with Crippen molar-refractivity contribution in [1.82, 2.24) is 0 Å². The maximum Gasteiger partial charge on any atom is 0.114 e. The summed E-state index contributed by atoms with van der Waals surface area (Å²) >= 11 is 0. The van der Waals surface area contributed by atoms with E-state index in [4.69, 9.17) is 15.7 Å². The van der Waals surface area contributed by atoms with Gasteiger partial charge in [0.25, 0.3) is 0 Å². The molecule has 2 aromatic rings. The maximum atomic E-state index is 5.78. The molecule has 0 aliphatic heterocycles. The first-order chi connectivity index (χ1) is 5.79. The first kappa shape index (κ1) is 7.48. The molecule has 0 nitrogen and oxygen atoms in total. The van der Waals surface area contributed by atoms with E-state index in [1.165, 1.54) is 0 Å². The summed E-state index contributed by atoms with van der Waals surface area (Å²) in [6, 6.07) is 11.6. The molecule has 0 saturated carbocycles. The van der Waals surface area contributed by atoms with Gasteiger partial charge in [0.15, 0.2) is 0 Å². The van der Waals surface area contributed by atoms with Crippen LogP contribution in [0.3, 0.4) is 0 Å². The quantitative estimate of drug-likeness (QED) is 0.475. The lowest BCUT2D eigenvalue weighted by atomic mass is 9.82. The standard InChI is InChI=1S/C10H6B2/c11-8-5-1-3-7-4-2-6-9(12)10(7)8/h1-6H. The van der Waals surface area contributed by atoms with Crippen LogP contribution in [0.1, 0.15) is 0 Å². The van der Waals surface area contributed by atoms with Gasteiger partial charge in [0, 0.05) is 0 Å². The van der Waals surface area contributed by atoms with Crippen LogP contribution in [-0.2, 0) is 0 Å². The SMILES string of the molecule is [B]c1cccc2cccc([B])c12. The minimum Gasteiger partial charge on any atom is -0.0896 e. The molecule has 0 bridgehead atoms. The Hall–Kier alpha value is -1.17. The third-order valence-electron chi connectivity index (χ3n) is 1.97. The second-order valence-corrected chi connectivity index (χ2v) is 2.79. The van der Waals surface area contributed by atoms with Gasteiger partial charge in [-0.3, -0.25) is 0 Å². The molecule has 0 fully saturated rings. The summed E-state index contributed by atoms with van der Waals surface area (Å²) in [5, 5.41) is 2.05. The molecule has 0 saturated heterocycles. The van der Waals surface area contributed by atoms with Crippen molar-refractivity contribution in [1.29, 1.82) is 0 Å². The Morgan fingerprint density at radius 2 is 1.25 bits per heavy atom. The van der Waals surface area contributed by atoms with E-state index >= 15 is 0 Å². The fourth-order valence-electron chi connectivity index (χ4n) is 1.40. The van der Waals surface area contributed by atoms with Gasteiger partial charge in [-0.05, 0) is 10.8 Å². The van der Waals surface area contributed by atoms with Gasteiger partial charge in [-0.25, -0.2) is 0 Å². The predicted octanol–water partition coefficient (Wildman–Crippen LogP) is 0.427. The van der Waals surface area contributed by atoms with Crippen LogP contribution in [0.2, 0.25) is 0 Å². The van der Waals surface area contributed by atoms with E-state index in [9.17, 15) is 0 Å². The molecular weight excluding hydrogens is 142 g/mol. The highest BCUT2D eigenvalue weighted by molar-refractivity contribution is 6.47. The second kappa shape index (κ2) is 2.71. The van der Waals surface area contributed by atoms with Crippen molar-refractivity contribution >= 4 is 37.4 Å². The molecule has 2 aromatic carbocycles. The van der Waals surface area contributed by atoms with Gasteiger partial charge in [0.1, 0.15) is 15.7 Å². The first-order valence-corrected chi connectivity index (χ1v) is 3.82. The van der Waals surface area contributed by atoms with E-state index in [1.807, 2.05) is 36.4 Å². The number of benzene rings is 2. The van der Waals surface area contributed by atoms with Crippen molar-refractivity contribution in [2.45, 2.75) is 0 Å². The maximum absolute atomic E-state index is 5.78. The average Bonchev–Trinajstić information content (AvgIpc) is 2.04. The highest BCUT2D eigenvalue weighted by atomic mass is 14.0.